The Hall–Kier alpha value is -0.740. The van der Waals surface area contributed by atoms with Crippen LogP contribution in [0.2, 0.25) is 0 Å². The van der Waals surface area contributed by atoms with Crippen molar-refractivity contribution in [2.24, 2.45) is 5.41 Å². The van der Waals surface area contributed by atoms with E-state index in [9.17, 15) is 9.18 Å². The molecule has 0 radical (unpaired) electrons. The number of hydrogen-bond donors (Lipinski definition) is 1. The second-order valence-electron chi connectivity index (χ2n) is 5.65. The van der Waals surface area contributed by atoms with Crippen LogP contribution >= 0.6 is 15.9 Å². The molecule has 1 N–H and O–H groups in total. The predicted octanol–water partition coefficient (Wildman–Crippen LogP) is 3.87. The monoisotopic (exact) mass is 341 g/mol. The summed E-state index contributed by atoms with van der Waals surface area (Å²) in [5.41, 5.74) is 0.200. The molecule has 0 aromatic heterocycles. The quantitative estimate of drug-likeness (QED) is 0.880. The van der Waals surface area contributed by atoms with Gasteiger partial charge in [0.05, 0.1) is 0 Å². The zero-order chi connectivity index (χ0) is 14.6. The predicted molar refractivity (Wildman–Crippen MR) is 82.3 cm³/mol. The summed E-state index contributed by atoms with van der Waals surface area (Å²) in [7, 11) is 0. The molecule has 1 unspecified atom stereocenters. The third-order valence-electron chi connectivity index (χ3n) is 4.16. The van der Waals surface area contributed by atoms with Crippen LogP contribution < -0.4 is 5.32 Å². The smallest absolute Gasteiger partial charge is 0.144 e. The summed E-state index contributed by atoms with van der Waals surface area (Å²) in [5.74, 6) is -0.129. The van der Waals surface area contributed by atoms with E-state index in [2.05, 4.69) is 28.2 Å². The Morgan fingerprint density at radius 3 is 2.90 bits per heavy atom. The summed E-state index contributed by atoms with van der Waals surface area (Å²) >= 11 is 3.24. The third kappa shape index (κ3) is 3.47. The number of halogens is 2. The van der Waals surface area contributed by atoms with Gasteiger partial charge in [0.25, 0.3) is 0 Å². The van der Waals surface area contributed by atoms with Gasteiger partial charge < -0.3 is 5.32 Å². The van der Waals surface area contributed by atoms with Crippen molar-refractivity contribution >= 4 is 21.7 Å². The Labute approximate surface area is 128 Å². The van der Waals surface area contributed by atoms with Gasteiger partial charge in [-0.05, 0) is 43.5 Å². The van der Waals surface area contributed by atoms with Crippen LogP contribution in [0.3, 0.4) is 0 Å². The van der Waals surface area contributed by atoms with Crippen LogP contribution in [-0.2, 0) is 11.2 Å². The number of hydrogen-bond acceptors (Lipinski definition) is 2. The summed E-state index contributed by atoms with van der Waals surface area (Å²) in [4.78, 5) is 12.7. The lowest BCUT2D eigenvalue weighted by molar-refractivity contribution is -0.129. The number of Topliss-reactive ketones (excluding diaryl/α,β-unsaturated/α-hetero) is 1. The summed E-state index contributed by atoms with van der Waals surface area (Å²) in [6.07, 6.45) is 4.01. The molecule has 0 spiro atoms. The summed E-state index contributed by atoms with van der Waals surface area (Å²) in [5, 5.41) is 3.33. The minimum absolute atomic E-state index is 0.174. The van der Waals surface area contributed by atoms with Crippen LogP contribution in [-0.4, -0.2) is 18.9 Å². The van der Waals surface area contributed by atoms with Crippen molar-refractivity contribution in [3.63, 3.8) is 0 Å². The van der Waals surface area contributed by atoms with E-state index in [4.69, 9.17) is 0 Å². The summed E-state index contributed by atoms with van der Waals surface area (Å²) < 4.78 is 14.6. The molecule has 110 valence electrons. The lowest BCUT2D eigenvalue weighted by atomic mass is 9.72. The maximum Gasteiger partial charge on any atom is 0.144 e. The molecule has 2 rings (SSSR count). The molecule has 0 aliphatic carbocycles. The molecule has 20 heavy (non-hydrogen) atoms. The fourth-order valence-electron chi connectivity index (χ4n) is 3.06. The van der Waals surface area contributed by atoms with Crippen LogP contribution in [0, 0.1) is 11.2 Å². The highest BCUT2D eigenvalue weighted by molar-refractivity contribution is 9.10. The van der Waals surface area contributed by atoms with Crippen molar-refractivity contribution in [1.82, 2.24) is 5.32 Å². The molecule has 0 amide bonds. The second-order valence-corrected chi connectivity index (χ2v) is 6.56. The Morgan fingerprint density at radius 1 is 1.50 bits per heavy atom. The standard InChI is InChI=1S/C16H21BrFNO/c1-2-6-16(7-3-8-19-11-16)15(20)9-12-4-5-13(17)10-14(12)18/h4-5,10,19H,2-3,6-9,11H2,1H3. The number of ketones is 1. The van der Waals surface area contributed by atoms with E-state index in [1.54, 1.807) is 12.1 Å². The maximum atomic E-state index is 13.9. The number of rotatable bonds is 5. The zero-order valence-corrected chi connectivity index (χ0v) is 13.4. The minimum atomic E-state index is -0.303. The van der Waals surface area contributed by atoms with E-state index in [1.165, 1.54) is 6.07 Å². The van der Waals surface area contributed by atoms with Gasteiger partial charge in [-0.2, -0.15) is 0 Å². The topological polar surface area (TPSA) is 29.1 Å². The van der Waals surface area contributed by atoms with Crippen molar-refractivity contribution < 1.29 is 9.18 Å². The Morgan fingerprint density at radius 2 is 2.30 bits per heavy atom. The molecule has 1 aliphatic rings. The third-order valence-corrected chi connectivity index (χ3v) is 4.65. The number of piperidine rings is 1. The van der Waals surface area contributed by atoms with Gasteiger partial charge >= 0.3 is 0 Å². The molecule has 0 saturated carbocycles. The van der Waals surface area contributed by atoms with E-state index in [0.717, 1.165) is 38.8 Å². The Bertz CT molecular complexity index is 478. The normalized spacial score (nSPS) is 22.8. The van der Waals surface area contributed by atoms with E-state index in [-0.39, 0.29) is 23.4 Å². The highest BCUT2D eigenvalue weighted by Crippen LogP contribution is 2.34. The summed E-state index contributed by atoms with van der Waals surface area (Å²) in [6.45, 7) is 3.81. The number of benzene rings is 1. The first kappa shape index (κ1) is 15.6. The molecule has 1 atom stereocenters. The largest absolute Gasteiger partial charge is 0.316 e. The van der Waals surface area contributed by atoms with E-state index >= 15 is 0 Å². The molecule has 1 aromatic carbocycles. The molecular weight excluding hydrogens is 321 g/mol. The fraction of sp³-hybridized carbons (Fsp3) is 0.562. The lowest BCUT2D eigenvalue weighted by Gasteiger charge is -2.36. The number of carbonyl (C=O) groups is 1. The van der Waals surface area contributed by atoms with Gasteiger partial charge in [-0.1, -0.05) is 35.3 Å². The van der Waals surface area contributed by atoms with Gasteiger partial charge in [0.2, 0.25) is 0 Å². The molecule has 1 heterocycles. The number of carbonyl (C=O) groups excluding carboxylic acids is 1. The van der Waals surface area contributed by atoms with Gasteiger partial charge in [-0.15, -0.1) is 0 Å². The van der Waals surface area contributed by atoms with Gasteiger partial charge in [0.1, 0.15) is 11.6 Å². The Balaban J connectivity index is 2.15. The van der Waals surface area contributed by atoms with Crippen molar-refractivity contribution in [2.45, 2.75) is 39.0 Å². The van der Waals surface area contributed by atoms with E-state index in [0.29, 0.717) is 10.0 Å². The Kier molecular flexibility index (Phi) is 5.33. The van der Waals surface area contributed by atoms with E-state index < -0.39 is 0 Å². The van der Waals surface area contributed by atoms with Crippen molar-refractivity contribution in [3.05, 3.63) is 34.1 Å². The van der Waals surface area contributed by atoms with Crippen LogP contribution in [0.1, 0.15) is 38.2 Å². The highest BCUT2D eigenvalue weighted by Gasteiger charge is 2.38. The van der Waals surface area contributed by atoms with Crippen molar-refractivity contribution in [3.8, 4) is 0 Å². The second kappa shape index (κ2) is 6.81. The molecule has 2 nitrogen and oxygen atoms in total. The first-order valence-electron chi connectivity index (χ1n) is 7.25. The van der Waals surface area contributed by atoms with Crippen molar-refractivity contribution in [1.29, 1.82) is 0 Å². The van der Waals surface area contributed by atoms with Crippen LogP contribution in [0.25, 0.3) is 0 Å². The highest BCUT2D eigenvalue weighted by atomic mass is 79.9. The average molecular weight is 342 g/mol. The first-order valence-corrected chi connectivity index (χ1v) is 8.05. The summed E-state index contributed by atoms with van der Waals surface area (Å²) in [6, 6.07) is 4.92. The SMILES string of the molecule is CCCC1(C(=O)Cc2ccc(Br)cc2F)CCCNC1. The molecular formula is C16H21BrFNO. The number of nitrogens with one attached hydrogen (secondary N) is 1. The van der Waals surface area contributed by atoms with E-state index in [1.807, 2.05) is 0 Å². The van der Waals surface area contributed by atoms with Gasteiger partial charge in [-0.25, -0.2) is 4.39 Å². The average Bonchev–Trinajstić information content (AvgIpc) is 2.43. The molecule has 1 aliphatic heterocycles. The van der Waals surface area contributed by atoms with Crippen LogP contribution in [0.5, 0.6) is 0 Å². The molecule has 0 bridgehead atoms. The van der Waals surface area contributed by atoms with Gasteiger partial charge in [0, 0.05) is 22.9 Å². The lowest BCUT2D eigenvalue weighted by Crippen LogP contribution is -2.46. The van der Waals surface area contributed by atoms with Gasteiger partial charge in [-0.3, -0.25) is 4.79 Å². The van der Waals surface area contributed by atoms with Crippen molar-refractivity contribution in [2.75, 3.05) is 13.1 Å². The zero-order valence-electron chi connectivity index (χ0n) is 11.8. The van der Waals surface area contributed by atoms with Crippen LogP contribution in [0.4, 0.5) is 4.39 Å². The molecule has 1 fully saturated rings. The molecule has 1 saturated heterocycles. The minimum Gasteiger partial charge on any atom is -0.316 e. The fourth-order valence-corrected chi connectivity index (χ4v) is 3.40. The van der Waals surface area contributed by atoms with Gasteiger partial charge in [0.15, 0.2) is 0 Å². The van der Waals surface area contributed by atoms with Crippen LogP contribution in [0.15, 0.2) is 22.7 Å². The molecule has 4 heteroatoms. The molecule has 1 aromatic rings. The maximum absolute atomic E-state index is 13.9. The first-order chi connectivity index (χ1) is 9.57.